The van der Waals surface area contributed by atoms with Gasteiger partial charge in [0.2, 0.25) is 5.91 Å². The zero-order chi connectivity index (χ0) is 21.0. The third-order valence-electron chi connectivity index (χ3n) is 5.59. The molecule has 8 heteroatoms. The number of aryl methyl sites for hydroxylation is 1. The molecule has 1 amide bonds. The Balaban J connectivity index is 1.73. The van der Waals surface area contributed by atoms with Crippen LogP contribution < -0.4 is 0 Å². The molecule has 0 saturated carbocycles. The van der Waals surface area contributed by atoms with Crippen molar-refractivity contribution in [2.75, 3.05) is 18.6 Å². The topological polar surface area (TPSA) is 72.3 Å². The zero-order valence-electron chi connectivity index (χ0n) is 17.5. The Morgan fingerprint density at radius 2 is 2.07 bits per heavy atom. The summed E-state index contributed by atoms with van der Waals surface area (Å²) >= 11 is 1.47. The highest BCUT2D eigenvalue weighted by atomic mass is 32.2. The van der Waals surface area contributed by atoms with Crippen LogP contribution in [0.3, 0.4) is 0 Å². The first-order valence-electron chi connectivity index (χ1n) is 10.4. The van der Waals surface area contributed by atoms with E-state index < -0.39 is 9.84 Å². The van der Waals surface area contributed by atoms with Crippen molar-refractivity contribution in [2.45, 2.75) is 68.9 Å². The van der Waals surface area contributed by atoms with E-state index in [0.717, 1.165) is 29.2 Å². The number of carbonyl (C=O) groups is 1. The lowest BCUT2D eigenvalue weighted by molar-refractivity contribution is -0.130. The number of para-hydroxylation sites is 2. The van der Waals surface area contributed by atoms with Crippen LogP contribution >= 0.6 is 11.8 Å². The van der Waals surface area contributed by atoms with Gasteiger partial charge in [0.05, 0.1) is 27.8 Å². The van der Waals surface area contributed by atoms with Gasteiger partial charge in [0.15, 0.2) is 15.0 Å². The number of sulfone groups is 1. The number of hydrogen-bond donors (Lipinski definition) is 0. The molecule has 0 radical (unpaired) electrons. The van der Waals surface area contributed by atoms with Crippen molar-refractivity contribution >= 4 is 38.5 Å². The van der Waals surface area contributed by atoms with Crippen LogP contribution in [0.25, 0.3) is 11.0 Å². The molecule has 0 aliphatic carbocycles. The standard InChI is InChI=1S/C21H31N3O3S2/c1-4-5-6-9-13-24-19-11-8-7-10-18(19)22-21(24)28-16(2)20(25)23(3)17-12-14-29(26,27)15-17/h7-8,10-11,16-17H,4-6,9,12-15H2,1-3H3. The molecule has 1 aliphatic heterocycles. The first-order chi connectivity index (χ1) is 13.8. The van der Waals surface area contributed by atoms with Crippen LogP contribution in [0.1, 0.15) is 46.0 Å². The van der Waals surface area contributed by atoms with E-state index in [1.165, 1.54) is 31.0 Å². The Morgan fingerprint density at radius 3 is 2.76 bits per heavy atom. The monoisotopic (exact) mass is 437 g/mol. The predicted octanol–water partition coefficient (Wildman–Crippen LogP) is 3.74. The molecule has 0 bridgehead atoms. The molecular formula is C21H31N3O3S2. The molecule has 3 rings (SSSR count). The summed E-state index contributed by atoms with van der Waals surface area (Å²) < 4.78 is 25.7. The maximum absolute atomic E-state index is 12.9. The highest BCUT2D eigenvalue weighted by Crippen LogP contribution is 2.29. The Labute approximate surface area is 178 Å². The average molecular weight is 438 g/mol. The second-order valence-electron chi connectivity index (χ2n) is 7.86. The molecule has 0 N–H and O–H groups in total. The van der Waals surface area contributed by atoms with Gasteiger partial charge in [-0.25, -0.2) is 13.4 Å². The van der Waals surface area contributed by atoms with Crippen molar-refractivity contribution in [1.82, 2.24) is 14.5 Å². The van der Waals surface area contributed by atoms with E-state index in [-0.39, 0.29) is 28.7 Å². The molecule has 1 saturated heterocycles. The zero-order valence-corrected chi connectivity index (χ0v) is 19.1. The van der Waals surface area contributed by atoms with E-state index >= 15 is 0 Å². The number of thioether (sulfide) groups is 1. The van der Waals surface area contributed by atoms with Crippen LogP contribution in [-0.4, -0.2) is 58.6 Å². The number of aromatic nitrogens is 2. The number of rotatable bonds is 9. The van der Waals surface area contributed by atoms with E-state index in [0.29, 0.717) is 6.42 Å². The maximum Gasteiger partial charge on any atom is 0.235 e. The smallest absolute Gasteiger partial charge is 0.235 e. The van der Waals surface area contributed by atoms with Crippen molar-refractivity contribution in [3.63, 3.8) is 0 Å². The summed E-state index contributed by atoms with van der Waals surface area (Å²) in [5.74, 6) is 0.203. The molecule has 2 unspecified atom stereocenters. The molecule has 0 spiro atoms. The molecule has 6 nitrogen and oxygen atoms in total. The number of unbranched alkanes of at least 4 members (excludes halogenated alkanes) is 3. The van der Waals surface area contributed by atoms with Gasteiger partial charge in [-0.2, -0.15) is 0 Å². The van der Waals surface area contributed by atoms with Gasteiger partial charge in [0.25, 0.3) is 0 Å². The van der Waals surface area contributed by atoms with Gasteiger partial charge < -0.3 is 9.47 Å². The average Bonchev–Trinajstić information content (AvgIpc) is 3.23. The number of fused-ring (bicyclic) bond motifs is 1. The van der Waals surface area contributed by atoms with Crippen molar-refractivity contribution < 1.29 is 13.2 Å². The van der Waals surface area contributed by atoms with Crippen molar-refractivity contribution in [3.05, 3.63) is 24.3 Å². The summed E-state index contributed by atoms with van der Waals surface area (Å²) in [4.78, 5) is 19.3. The van der Waals surface area contributed by atoms with Crippen LogP contribution in [0.2, 0.25) is 0 Å². The molecule has 1 aromatic heterocycles. The normalized spacial score (nSPS) is 19.5. The maximum atomic E-state index is 12.9. The predicted molar refractivity (Wildman–Crippen MR) is 119 cm³/mol. The van der Waals surface area contributed by atoms with Crippen LogP contribution in [0.15, 0.2) is 29.4 Å². The van der Waals surface area contributed by atoms with Gasteiger partial charge in [0.1, 0.15) is 0 Å². The Hall–Kier alpha value is -1.54. The number of carbonyl (C=O) groups excluding carboxylic acids is 1. The van der Waals surface area contributed by atoms with Gasteiger partial charge in [-0.15, -0.1) is 0 Å². The van der Waals surface area contributed by atoms with Gasteiger partial charge in [-0.3, -0.25) is 4.79 Å². The van der Waals surface area contributed by atoms with Gasteiger partial charge in [-0.05, 0) is 31.9 Å². The largest absolute Gasteiger partial charge is 0.341 e. The van der Waals surface area contributed by atoms with Gasteiger partial charge in [0, 0.05) is 19.6 Å². The van der Waals surface area contributed by atoms with E-state index in [2.05, 4.69) is 17.6 Å². The minimum atomic E-state index is -3.01. The second-order valence-corrected chi connectivity index (χ2v) is 11.4. The fraction of sp³-hybridized carbons (Fsp3) is 0.619. The van der Waals surface area contributed by atoms with E-state index in [9.17, 15) is 13.2 Å². The summed E-state index contributed by atoms with van der Waals surface area (Å²) in [6.45, 7) is 4.97. The molecular weight excluding hydrogens is 406 g/mol. The molecule has 2 aromatic rings. The summed E-state index contributed by atoms with van der Waals surface area (Å²) in [5, 5.41) is 0.533. The number of imidazole rings is 1. The van der Waals surface area contributed by atoms with Crippen molar-refractivity contribution in [3.8, 4) is 0 Å². The van der Waals surface area contributed by atoms with E-state index in [1.807, 2.05) is 25.1 Å². The van der Waals surface area contributed by atoms with Gasteiger partial charge >= 0.3 is 0 Å². The quantitative estimate of drug-likeness (QED) is 0.441. The third kappa shape index (κ3) is 5.34. The molecule has 29 heavy (non-hydrogen) atoms. The fourth-order valence-electron chi connectivity index (χ4n) is 3.81. The fourth-order valence-corrected chi connectivity index (χ4v) is 6.64. The number of hydrogen-bond acceptors (Lipinski definition) is 5. The SMILES string of the molecule is CCCCCCn1c(SC(C)C(=O)N(C)C2CCS(=O)(=O)C2)nc2ccccc21. The lowest BCUT2D eigenvalue weighted by Gasteiger charge is -2.26. The number of amides is 1. The summed E-state index contributed by atoms with van der Waals surface area (Å²) in [7, 11) is -1.29. The molecule has 1 aliphatic rings. The highest BCUT2D eigenvalue weighted by molar-refractivity contribution is 8.00. The lowest BCUT2D eigenvalue weighted by atomic mass is 10.2. The molecule has 1 fully saturated rings. The molecule has 2 atom stereocenters. The Bertz CT molecular complexity index is 955. The van der Waals surface area contributed by atoms with E-state index in [1.54, 1.807) is 11.9 Å². The Morgan fingerprint density at radius 1 is 1.31 bits per heavy atom. The Kier molecular flexibility index (Phi) is 7.27. The van der Waals surface area contributed by atoms with Crippen molar-refractivity contribution in [2.24, 2.45) is 0 Å². The second kappa shape index (κ2) is 9.51. The summed E-state index contributed by atoms with van der Waals surface area (Å²) in [6.07, 6.45) is 5.21. The lowest BCUT2D eigenvalue weighted by Crippen LogP contribution is -2.41. The van der Waals surface area contributed by atoms with Crippen molar-refractivity contribution in [1.29, 1.82) is 0 Å². The first-order valence-corrected chi connectivity index (χ1v) is 13.1. The summed E-state index contributed by atoms with van der Waals surface area (Å²) in [6, 6.07) is 7.86. The summed E-state index contributed by atoms with van der Waals surface area (Å²) in [5.41, 5.74) is 2.04. The number of nitrogens with zero attached hydrogens (tertiary/aromatic N) is 3. The number of benzene rings is 1. The van der Waals surface area contributed by atoms with Crippen LogP contribution in [-0.2, 0) is 21.2 Å². The minimum Gasteiger partial charge on any atom is -0.341 e. The minimum absolute atomic E-state index is 0.0401. The molecule has 2 heterocycles. The van der Waals surface area contributed by atoms with Crippen LogP contribution in [0, 0.1) is 0 Å². The molecule has 160 valence electrons. The van der Waals surface area contributed by atoms with Crippen LogP contribution in [0.5, 0.6) is 0 Å². The van der Waals surface area contributed by atoms with E-state index in [4.69, 9.17) is 4.98 Å². The van der Waals surface area contributed by atoms with Gasteiger partial charge in [-0.1, -0.05) is 50.1 Å². The van der Waals surface area contributed by atoms with Crippen LogP contribution in [0.4, 0.5) is 0 Å². The first kappa shape index (κ1) is 22.2. The molecule has 1 aromatic carbocycles. The highest BCUT2D eigenvalue weighted by Gasteiger charge is 2.34. The third-order valence-corrected chi connectivity index (χ3v) is 8.42.